The Bertz CT molecular complexity index is 2070. The minimum atomic E-state index is -0.714. The zero-order valence-corrected chi connectivity index (χ0v) is 25.3. The van der Waals surface area contributed by atoms with Crippen LogP contribution in [0.2, 0.25) is 0 Å². The number of hydrogen-bond acceptors (Lipinski definition) is 8. The van der Waals surface area contributed by atoms with Crippen LogP contribution in [0.25, 0.3) is 39.0 Å². The molecule has 1 amide bonds. The van der Waals surface area contributed by atoms with E-state index in [-0.39, 0.29) is 23.2 Å². The molecular weight excluding hydrogens is 568 g/mol. The van der Waals surface area contributed by atoms with Gasteiger partial charge in [-0.3, -0.25) is 18.8 Å². The van der Waals surface area contributed by atoms with Crippen LogP contribution in [-0.2, 0) is 7.05 Å². The molecule has 0 saturated heterocycles. The van der Waals surface area contributed by atoms with Crippen molar-refractivity contribution in [2.24, 2.45) is 7.05 Å². The van der Waals surface area contributed by atoms with Gasteiger partial charge in [-0.25, -0.2) is 15.0 Å². The molecular formula is C34H32N8O3. The van der Waals surface area contributed by atoms with E-state index in [9.17, 15) is 9.59 Å². The number of para-hydroxylation sites is 1. The SMILES string of the molecule is CC(C)Oc1ccc(-c2cnc(N)c(C(=O)NC(C)c3nc4cccc(-c5cnn(C)c5)c4c(=O)n3-c3ccccc3)n2)cc1. The molecule has 6 aromatic rings. The summed E-state index contributed by atoms with van der Waals surface area (Å²) in [6, 6.07) is 21.4. The van der Waals surface area contributed by atoms with Crippen molar-refractivity contribution in [1.82, 2.24) is 34.6 Å². The normalized spacial score (nSPS) is 11.9. The molecule has 6 rings (SSSR count). The summed E-state index contributed by atoms with van der Waals surface area (Å²) in [6.45, 7) is 5.67. The number of benzene rings is 3. The van der Waals surface area contributed by atoms with Gasteiger partial charge in [0.1, 0.15) is 11.6 Å². The summed E-state index contributed by atoms with van der Waals surface area (Å²) in [6.07, 6.45) is 5.13. The Morgan fingerprint density at radius 2 is 1.67 bits per heavy atom. The van der Waals surface area contributed by atoms with Crippen LogP contribution in [0.15, 0.2) is 96.2 Å². The number of hydrogen-bond donors (Lipinski definition) is 2. The molecule has 3 heterocycles. The topological polar surface area (TPSA) is 143 Å². The van der Waals surface area contributed by atoms with E-state index in [1.807, 2.05) is 93.8 Å². The molecule has 3 aromatic carbocycles. The molecule has 0 bridgehead atoms. The number of fused-ring (bicyclic) bond motifs is 1. The summed E-state index contributed by atoms with van der Waals surface area (Å²) in [7, 11) is 1.82. The molecule has 0 spiro atoms. The monoisotopic (exact) mass is 600 g/mol. The van der Waals surface area contributed by atoms with Crippen molar-refractivity contribution in [2.75, 3.05) is 5.73 Å². The van der Waals surface area contributed by atoms with Crippen molar-refractivity contribution in [3.63, 3.8) is 0 Å². The lowest BCUT2D eigenvalue weighted by Gasteiger charge is -2.20. The van der Waals surface area contributed by atoms with Gasteiger partial charge >= 0.3 is 0 Å². The van der Waals surface area contributed by atoms with Gasteiger partial charge in [0, 0.05) is 24.4 Å². The van der Waals surface area contributed by atoms with Crippen LogP contribution in [0, 0.1) is 0 Å². The minimum absolute atomic E-state index is 0.0174. The standard InChI is InChI=1S/C34H32N8O3/c1-20(2)45-25-15-13-22(14-16-25)28-18-36-31(35)30(39-28)33(43)38-21(3)32-40-27-12-8-11-26(23-17-37-41(4)19-23)29(27)34(44)42(32)24-9-6-5-7-10-24/h5-21H,1-4H3,(H2,35,36)(H,38,43). The van der Waals surface area contributed by atoms with Crippen LogP contribution in [0.4, 0.5) is 5.82 Å². The Labute approximate surface area is 259 Å². The van der Waals surface area contributed by atoms with E-state index in [0.29, 0.717) is 28.1 Å². The molecule has 226 valence electrons. The number of ether oxygens (including phenoxy) is 1. The molecule has 1 atom stereocenters. The fourth-order valence-corrected chi connectivity index (χ4v) is 5.18. The fraction of sp³-hybridized carbons (Fsp3) is 0.176. The number of carbonyl (C=O) groups is 1. The van der Waals surface area contributed by atoms with Gasteiger partial charge < -0.3 is 15.8 Å². The molecule has 1 unspecified atom stereocenters. The second-order valence-corrected chi connectivity index (χ2v) is 10.9. The second kappa shape index (κ2) is 12.0. The fourth-order valence-electron chi connectivity index (χ4n) is 5.18. The Morgan fingerprint density at radius 1 is 0.911 bits per heavy atom. The summed E-state index contributed by atoms with van der Waals surface area (Å²) >= 11 is 0. The molecule has 0 fully saturated rings. The Kier molecular flexibility index (Phi) is 7.82. The first kappa shape index (κ1) is 29.2. The van der Waals surface area contributed by atoms with Crippen LogP contribution in [0.1, 0.15) is 43.1 Å². The highest BCUT2D eigenvalue weighted by Gasteiger charge is 2.24. The van der Waals surface area contributed by atoms with E-state index < -0.39 is 11.9 Å². The van der Waals surface area contributed by atoms with Crippen LogP contribution < -0.4 is 21.3 Å². The van der Waals surface area contributed by atoms with E-state index >= 15 is 0 Å². The molecule has 11 nitrogen and oxygen atoms in total. The number of anilines is 1. The summed E-state index contributed by atoms with van der Waals surface area (Å²) in [5.41, 5.74) is 9.67. The van der Waals surface area contributed by atoms with Gasteiger partial charge in [0.15, 0.2) is 11.5 Å². The smallest absolute Gasteiger partial charge is 0.274 e. The molecule has 0 radical (unpaired) electrons. The number of nitrogens with zero attached hydrogens (tertiary/aromatic N) is 6. The second-order valence-electron chi connectivity index (χ2n) is 10.9. The lowest BCUT2D eigenvalue weighted by Crippen LogP contribution is -2.34. The summed E-state index contributed by atoms with van der Waals surface area (Å²) in [5.74, 6) is 0.506. The molecule has 0 aliphatic carbocycles. The summed E-state index contributed by atoms with van der Waals surface area (Å²) < 4.78 is 8.94. The zero-order valence-electron chi connectivity index (χ0n) is 25.3. The minimum Gasteiger partial charge on any atom is -0.491 e. The third-order valence-corrected chi connectivity index (χ3v) is 7.23. The summed E-state index contributed by atoms with van der Waals surface area (Å²) in [5, 5.41) is 7.66. The number of nitrogens with one attached hydrogen (secondary N) is 1. The Balaban J connectivity index is 1.38. The lowest BCUT2D eigenvalue weighted by atomic mass is 10.0. The van der Waals surface area contributed by atoms with Gasteiger partial charge in [0.25, 0.3) is 11.5 Å². The van der Waals surface area contributed by atoms with Crippen LogP contribution in [0.3, 0.4) is 0 Å². The van der Waals surface area contributed by atoms with E-state index in [1.165, 1.54) is 10.8 Å². The quantitative estimate of drug-likeness (QED) is 0.246. The molecule has 45 heavy (non-hydrogen) atoms. The van der Waals surface area contributed by atoms with E-state index in [4.69, 9.17) is 15.5 Å². The number of rotatable bonds is 8. The number of amides is 1. The van der Waals surface area contributed by atoms with Gasteiger partial charge in [-0.2, -0.15) is 5.10 Å². The largest absolute Gasteiger partial charge is 0.491 e. The number of nitrogen functional groups attached to an aromatic ring is 1. The summed E-state index contributed by atoms with van der Waals surface area (Å²) in [4.78, 5) is 41.6. The number of aryl methyl sites for hydroxylation is 1. The predicted molar refractivity (Wildman–Crippen MR) is 173 cm³/mol. The predicted octanol–water partition coefficient (Wildman–Crippen LogP) is 5.10. The maximum absolute atomic E-state index is 14.3. The molecule has 3 N–H and O–H groups in total. The van der Waals surface area contributed by atoms with Gasteiger partial charge in [-0.15, -0.1) is 0 Å². The molecule has 0 aliphatic rings. The average Bonchev–Trinajstić information content (AvgIpc) is 3.47. The molecule has 0 aliphatic heterocycles. The molecule has 0 saturated carbocycles. The van der Waals surface area contributed by atoms with E-state index in [1.54, 1.807) is 23.9 Å². The number of aromatic nitrogens is 6. The van der Waals surface area contributed by atoms with Crippen molar-refractivity contribution in [2.45, 2.75) is 32.9 Å². The lowest BCUT2D eigenvalue weighted by molar-refractivity contribution is 0.0933. The van der Waals surface area contributed by atoms with Crippen molar-refractivity contribution in [3.05, 3.63) is 113 Å². The third-order valence-electron chi connectivity index (χ3n) is 7.23. The van der Waals surface area contributed by atoms with Gasteiger partial charge in [0.05, 0.1) is 46.8 Å². The van der Waals surface area contributed by atoms with Gasteiger partial charge in [0.2, 0.25) is 0 Å². The maximum Gasteiger partial charge on any atom is 0.274 e. The highest BCUT2D eigenvalue weighted by Crippen LogP contribution is 2.28. The number of nitrogens with two attached hydrogens (primary N) is 1. The van der Waals surface area contributed by atoms with Crippen LogP contribution in [-0.4, -0.2) is 41.3 Å². The average molecular weight is 601 g/mol. The van der Waals surface area contributed by atoms with Crippen molar-refractivity contribution in [1.29, 1.82) is 0 Å². The van der Waals surface area contributed by atoms with Crippen LogP contribution >= 0.6 is 0 Å². The van der Waals surface area contributed by atoms with E-state index in [0.717, 1.165) is 22.4 Å². The van der Waals surface area contributed by atoms with Gasteiger partial charge in [-0.1, -0.05) is 30.3 Å². The molecule has 11 heteroatoms. The van der Waals surface area contributed by atoms with Crippen molar-refractivity contribution in [3.8, 4) is 33.8 Å². The van der Waals surface area contributed by atoms with Crippen molar-refractivity contribution >= 4 is 22.6 Å². The third kappa shape index (κ3) is 5.87. The molecule has 3 aromatic heterocycles. The first-order valence-corrected chi connectivity index (χ1v) is 14.5. The van der Waals surface area contributed by atoms with E-state index in [2.05, 4.69) is 20.4 Å². The zero-order chi connectivity index (χ0) is 31.7. The maximum atomic E-state index is 14.3. The number of carbonyl (C=O) groups excluding carboxylic acids is 1. The van der Waals surface area contributed by atoms with Crippen molar-refractivity contribution < 1.29 is 9.53 Å². The van der Waals surface area contributed by atoms with Crippen LogP contribution in [0.5, 0.6) is 5.75 Å². The first-order chi connectivity index (χ1) is 21.7. The van der Waals surface area contributed by atoms with Gasteiger partial charge in [-0.05, 0) is 68.8 Å². The highest BCUT2D eigenvalue weighted by molar-refractivity contribution is 5.97. The first-order valence-electron chi connectivity index (χ1n) is 14.5. The Hall–Kier alpha value is -5.84. The Morgan fingerprint density at radius 3 is 2.36 bits per heavy atom. The highest BCUT2D eigenvalue weighted by atomic mass is 16.5.